The minimum absolute atomic E-state index is 0.697. The molecule has 0 radical (unpaired) electrons. The molecule has 0 saturated heterocycles. The van der Waals surface area contributed by atoms with Crippen LogP contribution in [0.15, 0.2) is 0 Å². The van der Waals surface area contributed by atoms with Crippen LogP contribution in [-0.2, 0) is 9.05 Å². The van der Waals surface area contributed by atoms with Gasteiger partial charge < -0.3 is 13.9 Å². The van der Waals surface area contributed by atoms with Gasteiger partial charge in [-0.2, -0.15) is 26.3 Å². The summed E-state index contributed by atoms with van der Waals surface area (Å²) in [5.41, 5.74) is 0. The molecule has 18 heavy (non-hydrogen) atoms. The molecule has 0 N–H and O–H groups in total. The van der Waals surface area contributed by atoms with Gasteiger partial charge in [0.25, 0.3) is 0 Å². The molecule has 0 fully saturated rings. The molecule has 0 aliphatic rings. The summed E-state index contributed by atoms with van der Waals surface area (Å²) >= 11 is 0. The van der Waals surface area contributed by atoms with Crippen molar-refractivity contribution in [3.8, 4) is 0 Å². The molecule has 0 heterocycles. The first-order chi connectivity index (χ1) is 7.90. The molecule has 12 heteroatoms. The third-order valence-corrected chi connectivity index (χ3v) is 2.29. The van der Waals surface area contributed by atoms with E-state index in [2.05, 4.69) is 9.05 Å². The van der Waals surface area contributed by atoms with Crippen LogP contribution in [-0.4, -0.2) is 37.9 Å². The summed E-state index contributed by atoms with van der Waals surface area (Å²) in [5, 5.41) is 0. The number of hydrogen-bond donors (Lipinski definition) is 0. The Morgan fingerprint density at radius 2 is 1.56 bits per heavy atom. The van der Waals surface area contributed by atoms with E-state index < -0.39 is 39.4 Å². The Labute approximate surface area is 96.7 Å². The molecule has 0 saturated carbocycles. The third kappa shape index (κ3) is 3.40. The predicted octanol–water partition coefficient (Wildman–Crippen LogP) is 2.41. The summed E-state index contributed by atoms with van der Waals surface area (Å²) in [6, 6.07) is 0. The van der Waals surface area contributed by atoms with E-state index in [0.29, 0.717) is 7.11 Å². The van der Waals surface area contributed by atoms with Crippen molar-refractivity contribution in [2.24, 2.45) is 0 Å². The van der Waals surface area contributed by atoms with Crippen LogP contribution in [0.1, 0.15) is 0 Å². The normalized spacial score (nSPS) is 16.2. The van der Waals surface area contributed by atoms with E-state index in [4.69, 9.17) is 0 Å². The summed E-state index contributed by atoms with van der Waals surface area (Å²) in [6.07, 6.45) is -5.01. The van der Waals surface area contributed by atoms with Crippen LogP contribution in [0.3, 0.4) is 0 Å². The summed E-state index contributed by atoms with van der Waals surface area (Å²) in [7, 11) is -2.54. The zero-order valence-corrected chi connectivity index (χ0v) is 9.37. The Morgan fingerprint density at radius 3 is 1.89 bits per heavy atom. The van der Waals surface area contributed by atoms with Gasteiger partial charge in [-0.3, -0.25) is 0 Å². The van der Waals surface area contributed by atoms with Gasteiger partial charge in [-0.05, 0) is 0 Å². The van der Waals surface area contributed by atoms with E-state index in [1.165, 1.54) is 0 Å². The Bertz CT molecular complexity index is 274. The lowest BCUT2D eigenvalue weighted by Crippen LogP contribution is -2.59. The largest absolute Gasteiger partial charge is 0.786 e. The van der Waals surface area contributed by atoms with Gasteiger partial charge in [0.05, 0.1) is 8.60 Å². The summed E-state index contributed by atoms with van der Waals surface area (Å²) in [4.78, 5) is 10.4. The van der Waals surface area contributed by atoms with Gasteiger partial charge in [0.1, 0.15) is 6.61 Å². The van der Waals surface area contributed by atoms with Crippen LogP contribution in [0.5, 0.6) is 0 Å². The molecular weight excluding hydrogens is 303 g/mol. The van der Waals surface area contributed by atoms with Crippen molar-refractivity contribution in [2.45, 2.75) is 24.2 Å². The lowest BCUT2D eigenvalue weighted by molar-refractivity contribution is -0.344. The molecule has 0 amide bonds. The minimum atomic E-state index is -6.38. The number of hydrogen-bond acceptors (Lipinski definition) is 3. The van der Waals surface area contributed by atoms with Crippen LogP contribution in [0.2, 0.25) is 0 Å². The average Bonchev–Trinajstić information content (AvgIpc) is 2.25. The smallest absolute Gasteiger partial charge is 0.380 e. The van der Waals surface area contributed by atoms with E-state index in [1.54, 1.807) is 0 Å². The third-order valence-electron chi connectivity index (χ3n) is 1.65. The molecule has 0 aromatic carbocycles. The first-order valence-corrected chi connectivity index (χ1v) is 5.05. The second-order valence-electron chi connectivity index (χ2n) is 2.88. The van der Waals surface area contributed by atoms with Gasteiger partial charge >= 0.3 is 24.2 Å². The van der Waals surface area contributed by atoms with Crippen molar-refractivity contribution in [1.82, 2.24) is 0 Å². The fourth-order valence-corrected chi connectivity index (χ4v) is 1.03. The Hall–Kier alpha value is -0.250. The quantitative estimate of drug-likeness (QED) is 0.536. The second-order valence-corrected chi connectivity index (χ2v) is 3.95. The van der Waals surface area contributed by atoms with Crippen molar-refractivity contribution in [3.05, 3.63) is 0 Å². The lowest BCUT2D eigenvalue weighted by Gasteiger charge is -2.33. The SMILES string of the molecule is COP([O-])OCC(F)(F)C(F)(F)C(F)(F)C(F)F. The van der Waals surface area contributed by atoms with E-state index >= 15 is 0 Å². The highest BCUT2D eigenvalue weighted by molar-refractivity contribution is 7.38. The van der Waals surface area contributed by atoms with Crippen LogP contribution in [0, 0.1) is 0 Å². The molecule has 0 aromatic rings. The molecule has 3 nitrogen and oxygen atoms in total. The second kappa shape index (κ2) is 5.81. The van der Waals surface area contributed by atoms with Gasteiger partial charge in [0, 0.05) is 7.11 Å². The Kier molecular flexibility index (Phi) is 5.73. The highest BCUT2D eigenvalue weighted by Crippen LogP contribution is 2.49. The van der Waals surface area contributed by atoms with Gasteiger partial charge in [-0.15, -0.1) is 0 Å². The molecule has 1 atom stereocenters. The Balaban J connectivity index is 4.96. The standard InChI is InChI=1S/C6H6F8O3P/c1-16-18(15)17-2-4(9,10)6(13,14)5(11,12)3(7)8/h3H,2H2,1H3/q-1. The number of rotatable bonds is 7. The number of halogens is 8. The van der Waals surface area contributed by atoms with E-state index in [0.717, 1.165) is 0 Å². The number of alkyl halides is 8. The predicted molar refractivity (Wildman–Crippen MR) is 40.7 cm³/mol. The van der Waals surface area contributed by atoms with Crippen molar-refractivity contribution in [2.75, 3.05) is 13.7 Å². The molecular formula is C6H6F8O3P-. The van der Waals surface area contributed by atoms with Gasteiger partial charge in [-0.25, -0.2) is 8.78 Å². The fourth-order valence-electron chi connectivity index (χ4n) is 0.658. The van der Waals surface area contributed by atoms with E-state index in [9.17, 15) is 40.0 Å². The van der Waals surface area contributed by atoms with Crippen LogP contribution < -0.4 is 4.89 Å². The molecule has 110 valence electrons. The highest BCUT2D eigenvalue weighted by Gasteiger charge is 2.75. The molecule has 0 spiro atoms. The van der Waals surface area contributed by atoms with E-state index in [-0.39, 0.29) is 0 Å². The first-order valence-electron chi connectivity index (χ1n) is 3.96. The van der Waals surface area contributed by atoms with Crippen molar-refractivity contribution < 1.29 is 49.1 Å². The summed E-state index contributed by atoms with van der Waals surface area (Å²) in [6.45, 7) is -2.47. The Morgan fingerprint density at radius 1 is 1.11 bits per heavy atom. The van der Waals surface area contributed by atoms with Crippen LogP contribution >= 0.6 is 8.60 Å². The minimum Gasteiger partial charge on any atom is -0.786 e. The molecule has 0 aliphatic heterocycles. The maximum Gasteiger partial charge on any atom is 0.380 e. The van der Waals surface area contributed by atoms with Crippen molar-refractivity contribution in [3.63, 3.8) is 0 Å². The topological polar surface area (TPSA) is 41.5 Å². The zero-order chi connectivity index (χ0) is 14.8. The molecule has 0 aromatic heterocycles. The molecule has 0 rings (SSSR count). The molecule has 1 unspecified atom stereocenters. The monoisotopic (exact) mass is 309 g/mol. The van der Waals surface area contributed by atoms with Gasteiger partial charge in [0.2, 0.25) is 0 Å². The van der Waals surface area contributed by atoms with Crippen LogP contribution in [0.25, 0.3) is 0 Å². The first kappa shape index (κ1) is 17.8. The maximum atomic E-state index is 12.7. The summed E-state index contributed by atoms with van der Waals surface area (Å²) < 4.78 is 106. The lowest BCUT2D eigenvalue weighted by atomic mass is 10.1. The van der Waals surface area contributed by atoms with Crippen LogP contribution in [0.4, 0.5) is 35.1 Å². The van der Waals surface area contributed by atoms with Crippen molar-refractivity contribution >= 4 is 8.60 Å². The summed E-state index contributed by atoms with van der Waals surface area (Å²) in [5.74, 6) is -18.3. The van der Waals surface area contributed by atoms with Gasteiger partial charge in [-0.1, -0.05) is 0 Å². The van der Waals surface area contributed by atoms with Gasteiger partial charge in [0.15, 0.2) is 0 Å². The maximum absolute atomic E-state index is 12.7. The highest BCUT2D eigenvalue weighted by atomic mass is 31.2. The molecule has 0 aliphatic carbocycles. The average molecular weight is 309 g/mol. The fraction of sp³-hybridized carbons (Fsp3) is 1.00. The van der Waals surface area contributed by atoms with Crippen molar-refractivity contribution in [1.29, 1.82) is 0 Å². The zero-order valence-electron chi connectivity index (χ0n) is 8.48. The van der Waals surface area contributed by atoms with E-state index in [1.807, 2.05) is 0 Å². The molecule has 0 bridgehead atoms.